The lowest BCUT2D eigenvalue weighted by molar-refractivity contribution is -0.124. The number of ether oxygens (including phenoxy) is 3. The van der Waals surface area contributed by atoms with Crippen LogP contribution in [0.5, 0.6) is 17.2 Å². The van der Waals surface area contributed by atoms with Crippen molar-refractivity contribution in [2.45, 2.75) is 58.4 Å². The summed E-state index contributed by atoms with van der Waals surface area (Å²) >= 11 is 5.38. The Morgan fingerprint density at radius 2 is 1.82 bits per heavy atom. The van der Waals surface area contributed by atoms with Crippen LogP contribution in [0.4, 0.5) is 5.69 Å². The minimum absolute atomic E-state index is 0.0175. The highest BCUT2D eigenvalue weighted by Gasteiger charge is 2.14. The first-order chi connectivity index (χ1) is 19.1. The van der Waals surface area contributed by atoms with Crippen LogP contribution >= 0.6 is 12.2 Å². The molecular weight excluding hydrogens is 512 g/mol. The fourth-order valence-corrected chi connectivity index (χ4v) is 5.04. The highest BCUT2D eigenvalue weighted by molar-refractivity contribution is 7.80. The maximum atomic E-state index is 12.4. The second-order valence-corrected chi connectivity index (χ2v) is 10.7. The lowest BCUT2D eigenvalue weighted by atomic mass is 10.0. The van der Waals surface area contributed by atoms with Crippen molar-refractivity contribution in [3.8, 4) is 17.2 Å². The van der Waals surface area contributed by atoms with Gasteiger partial charge in [0.15, 0.2) is 16.6 Å². The topological polar surface area (TPSA) is 84.1 Å². The Morgan fingerprint density at radius 3 is 2.69 bits per heavy atom. The number of nitrogens with one attached hydrogen (secondary N) is 3. The van der Waals surface area contributed by atoms with Crippen molar-refractivity contribution in [1.29, 1.82) is 0 Å². The smallest absolute Gasteiger partial charge is 0.231 e. The molecule has 8 nitrogen and oxygen atoms in total. The van der Waals surface area contributed by atoms with Crippen LogP contribution in [0.3, 0.4) is 0 Å². The van der Waals surface area contributed by atoms with Crippen LogP contribution in [-0.2, 0) is 11.3 Å². The van der Waals surface area contributed by atoms with Gasteiger partial charge in [-0.1, -0.05) is 31.9 Å². The first kappa shape index (κ1) is 29.0. The molecule has 2 heterocycles. The molecule has 0 saturated carbocycles. The summed E-state index contributed by atoms with van der Waals surface area (Å²) in [5, 5.41) is 9.99. The molecule has 3 N–H and O–H groups in total. The molecule has 1 fully saturated rings. The number of nitrogens with zero attached hydrogens (tertiary/aromatic N) is 1. The van der Waals surface area contributed by atoms with Crippen LogP contribution in [0.15, 0.2) is 42.5 Å². The molecule has 212 valence electrons. The van der Waals surface area contributed by atoms with Crippen LogP contribution in [0.1, 0.15) is 57.4 Å². The second kappa shape index (κ2) is 15.5. The average Bonchev–Trinajstić information content (AvgIpc) is 3.41. The molecule has 0 spiro atoms. The fourth-order valence-electron chi connectivity index (χ4n) is 4.82. The van der Waals surface area contributed by atoms with E-state index in [1.165, 1.54) is 37.9 Å². The molecule has 2 aliphatic rings. The van der Waals surface area contributed by atoms with Gasteiger partial charge in [0, 0.05) is 37.3 Å². The van der Waals surface area contributed by atoms with Gasteiger partial charge in [-0.15, -0.1) is 0 Å². The molecule has 1 amide bonds. The summed E-state index contributed by atoms with van der Waals surface area (Å²) in [6.07, 6.45) is 7.46. The molecular formula is C30H42N4O4S. The van der Waals surface area contributed by atoms with E-state index >= 15 is 0 Å². The molecule has 2 aliphatic heterocycles. The summed E-state index contributed by atoms with van der Waals surface area (Å²) in [6, 6.07) is 14.0. The Balaban J connectivity index is 1.01. The molecule has 0 aromatic heterocycles. The highest BCUT2D eigenvalue weighted by atomic mass is 32.1. The third-order valence-corrected chi connectivity index (χ3v) is 7.32. The number of carbonyl (C=O) groups excluding carboxylic acids is 1. The van der Waals surface area contributed by atoms with Gasteiger partial charge in [0.05, 0.1) is 6.61 Å². The Kier molecular flexibility index (Phi) is 11.5. The Hall–Kier alpha value is -3.04. The van der Waals surface area contributed by atoms with Gasteiger partial charge in [0.1, 0.15) is 5.75 Å². The van der Waals surface area contributed by atoms with Gasteiger partial charge < -0.3 is 30.2 Å². The number of anilines is 1. The molecule has 39 heavy (non-hydrogen) atoms. The van der Waals surface area contributed by atoms with Crippen LogP contribution in [0, 0.1) is 5.92 Å². The first-order valence-electron chi connectivity index (χ1n) is 14.2. The predicted molar refractivity (Wildman–Crippen MR) is 158 cm³/mol. The SMILES string of the molecule is CC(CCCCNC(=S)Nc1ccc2c(c1)OCO2)C(=O)NCCCOc1cccc(CN2CCCCC2)c1. The first-order valence-corrected chi connectivity index (χ1v) is 14.6. The average molecular weight is 555 g/mol. The second-order valence-electron chi connectivity index (χ2n) is 10.3. The summed E-state index contributed by atoms with van der Waals surface area (Å²) in [7, 11) is 0. The molecule has 0 bridgehead atoms. The van der Waals surface area contributed by atoms with Gasteiger partial charge in [0.2, 0.25) is 12.7 Å². The zero-order valence-electron chi connectivity index (χ0n) is 23.0. The number of hydrogen-bond acceptors (Lipinski definition) is 6. The Labute approximate surface area is 237 Å². The summed E-state index contributed by atoms with van der Waals surface area (Å²) in [6.45, 7) is 7.57. The summed E-state index contributed by atoms with van der Waals surface area (Å²) in [5.74, 6) is 2.46. The maximum Gasteiger partial charge on any atom is 0.231 e. The number of likely N-dealkylation sites (tertiary alicyclic amines) is 1. The predicted octanol–water partition coefficient (Wildman–Crippen LogP) is 5.08. The van der Waals surface area contributed by atoms with Crippen molar-refractivity contribution < 1.29 is 19.0 Å². The summed E-state index contributed by atoms with van der Waals surface area (Å²) in [5.41, 5.74) is 2.16. The minimum Gasteiger partial charge on any atom is -0.494 e. The Bertz CT molecular complexity index is 1080. The van der Waals surface area contributed by atoms with E-state index in [-0.39, 0.29) is 18.6 Å². The summed E-state index contributed by atoms with van der Waals surface area (Å²) < 4.78 is 16.7. The van der Waals surface area contributed by atoms with Gasteiger partial charge in [-0.3, -0.25) is 9.69 Å². The largest absolute Gasteiger partial charge is 0.494 e. The van der Waals surface area contributed by atoms with Crippen LogP contribution in [-0.4, -0.2) is 55.5 Å². The number of hydrogen-bond donors (Lipinski definition) is 3. The minimum atomic E-state index is -0.0175. The monoisotopic (exact) mass is 554 g/mol. The van der Waals surface area contributed by atoms with Crippen LogP contribution < -0.4 is 30.2 Å². The van der Waals surface area contributed by atoms with Crippen molar-refractivity contribution >= 4 is 28.9 Å². The quantitative estimate of drug-likeness (QED) is 0.220. The van der Waals surface area contributed by atoms with Crippen molar-refractivity contribution in [3.63, 3.8) is 0 Å². The molecule has 1 unspecified atom stereocenters. The molecule has 4 rings (SSSR count). The number of benzene rings is 2. The number of thiocarbonyl (C=S) groups is 1. The van der Waals surface area contributed by atoms with Crippen molar-refractivity contribution in [2.24, 2.45) is 5.92 Å². The standard InChI is InChI=1S/C30H42N4O4S/c1-23(9-3-4-14-32-30(39)33-25-12-13-27-28(20-25)38-22-37-27)29(35)31-15-8-18-36-26-11-7-10-24(19-26)21-34-16-5-2-6-17-34/h7,10-13,19-20,23H,2-6,8-9,14-18,21-22H2,1H3,(H,31,35)(H2,32,33,39). The lowest BCUT2D eigenvalue weighted by Gasteiger charge is -2.26. The zero-order chi connectivity index (χ0) is 27.3. The molecule has 0 aliphatic carbocycles. The van der Waals surface area contributed by atoms with Crippen molar-refractivity contribution in [1.82, 2.24) is 15.5 Å². The third-order valence-electron chi connectivity index (χ3n) is 7.07. The molecule has 1 atom stereocenters. The van der Waals surface area contributed by atoms with Gasteiger partial charge in [-0.05, 0) is 87.2 Å². The fraction of sp³-hybridized carbons (Fsp3) is 0.533. The number of unbranched alkanes of at least 4 members (excludes halogenated alkanes) is 1. The van der Waals surface area contributed by atoms with Gasteiger partial charge in [-0.2, -0.15) is 0 Å². The highest BCUT2D eigenvalue weighted by Crippen LogP contribution is 2.34. The van der Waals surface area contributed by atoms with Crippen LogP contribution in [0.25, 0.3) is 0 Å². The normalized spacial score (nSPS) is 15.4. The van der Waals surface area contributed by atoms with E-state index in [2.05, 4.69) is 39.0 Å². The maximum absolute atomic E-state index is 12.4. The Morgan fingerprint density at radius 1 is 1.00 bits per heavy atom. The van der Waals surface area contributed by atoms with E-state index in [9.17, 15) is 4.79 Å². The molecule has 0 radical (unpaired) electrons. The molecule has 2 aromatic rings. The molecule has 1 saturated heterocycles. The molecule has 2 aromatic carbocycles. The van der Waals surface area contributed by atoms with Gasteiger partial charge in [0.25, 0.3) is 0 Å². The van der Waals surface area contributed by atoms with Gasteiger partial charge in [-0.25, -0.2) is 0 Å². The summed E-state index contributed by atoms with van der Waals surface area (Å²) in [4.78, 5) is 15.0. The van der Waals surface area contributed by atoms with Gasteiger partial charge >= 0.3 is 0 Å². The van der Waals surface area contributed by atoms with Crippen molar-refractivity contribution in [3.05, 3.63) is 48.0 Å². The van der Waals surface area contributed by atoms with Crippen molar-refractivity contribution in [2.75, 3.05) is 44.9 Å². The number of amides is 1. The third kappa shape index (κ3) is 9.89. The van der Waals surface area contributed by atoms with E-state index in [0.29, 0.717) is 18.3 Å². The number of piperidine rings is 1. The number of fused-ring (bicyclic) bond motifs is 1. The van der Waals surface area contributed by atoms with E-state index < -0.39 is 0 Å². The zero-order valence-corrected chi connectivity index (χ0v) is 23.8. The van der Waals surface area contributed by atoms with E-state index in [1.807, 2.05) is 31.2 Å². The van der Waals surface area contributed by atoms with E-state index in [4.69, 9.17) is 26.4 Å². The van der Waals surface area contributed by atoms with Crippen LogP contribution in [0.2, 0.25) is 0 Å². The molecule has 9 heteroatoms. The van der Waals surface area contributed by atoms with E-state index in [1.54, 1.807) is 0 Å². The number of carbonyl (C=O) groups is 1. The number of rotatable bonds is 14. The lowest BCUT2D eigenvalue weighted by Crippen LogP contribution is -2.31. The van der Waals surface area contributed by atoms with E-state index in [0.717, 1.165) is 61.7 Å².